The van der Waals surface area contributed by atoms with Gasteiger partial charge in [0.25, 0.3) is 0 Å². The molecule has 3 N–H and O–H groups in total. The fourth-order valence-corrected chi connectivity index (χ4v) is 8.54. The molecule has 3 atom stereocenters. The van der Waals surface area contributed by atoms with Crippen LogP contribution in [0.3, 0.4) is 0 Å². The van der Waals surface area contributed by atoms with Gasteiger partial charge in [-0.15, -0.1) is 0 Å². The maximum Gasteiger partial charge on any atom is 0.319 e. The van der Waals surface area contributed by atoms with Crippen molar-refractivity contribution in [2.75, 3.05) is 36.9 Å². The van der Waals surface area contributed by atoms with Crippen LogP contribution in [0.2, 0.25) is 5.02 Å². The van der Waals surface area contributed by atoms with E-state index < -0.39 is 29.8 Å². The number of nitrogens with one attached hydrogen (secondary N) is 1. The molecule has 0 saturated carbocycles. The number of alkyl halides is 2. The lowest BCUT2D eigenvalue weighted by Gasteiger charge is -2.46. The van der Waals surface area contributed by atoms with Gasteiger partial charge in [0.05, 0.1) is 34.2 Å². The molecule has 2 unspecified atom stereocenters. The van der Waals surface area contributed by atoms with Gasteiger partial charge in [0.2, 0.25) is 0 Å². The smallest absolute Gasteiger partial charge is 0.319 e. The van der Waals surface area contributed by atoms with Gasteiger partial charge in [-0.2, -0.15) is 9.97 Å². The molecule has 8 rings (SSSR count). The van der Waals surface area contributed by atoms with E-state index in [0.717, 1.165) is 38.8 Å². The molecule has 0 bridgehead atoms. The minimum absolute atomic E-state index is 0.0187. The predicted octanol–water partition coefficient (Wildman–Crippen LogP) is 6.85. The zero-order chi connectivity index (χ0) is 32.7. The summed E-state index contributed by atoms with van der Waals surface area (Å²) in [6, 6.07) is 5.11. The van der Waals surface area contributed by atoms with E-state index in [9.17, 15) is 4.39 Å². The Kier molecular flexibility index (Phi) is 7.42. The highest BCUT2D eigenvalue weighted by atomic mass is 35.5. The summed E-state index contributed by atoms with van der Waals surface area (Å²) in [5, 5.41) is 3.42. The number of aromatic nitrogens is 3. The fourth-order valence-electron chi connectivity index (χ4n) is 8.26. The summed E-state index contributed by atoms with van der Waals surface area (Å²) in [5.74, 6) is -3.31. The van der Waals surface area contributed by atoms with Crippen LogP contribution < -0.4 is 20.7 Å². The summed E-state index contributed by atoms with van der Waals surface area (Å²) in [4.78, 5) is 18.2. The van der Waals surface area contributed by atoms with Gasteiger partial charge in [0.1, 0.15) is 29.5 Å². The molecule has 0 radical (unpaired) electrons. The Morgan fingerprint density at radius 2 is 1.87 bits per heavy atom. The monoisotopic (exact) mass is 669 g/mol. The highest BCUT2D eigenvalue weighted by molar-refractivity contribution is 6.37. The number of halogens is 5. The molecular weight excluding hydrogens is 634 g/mol. The Balaban J connectivity index is 1.35. The van der Waals surface area contributed by atoms with Crippen LogP contribution in [0.15, 0.2) is 24.3 Å². The molecule has 3 saturated heterocycles. The highest BCUT2D eigenvalue weighted by Crippen LogP contribution is 2.44. The lowest BCUT2D eigenvalue weighted by atomic mass is 9.94. The average Bonchev–Trinajstić information content (AvgIpc) is 3.63. The number of anilines is 2. The largest absolute Gasteiger partial charge is 0.461 e. The zero-order valence-corrected chi connectivity index (χ0v) is 26.8. The molecule has 13 heteroatoms. The molecule has 2 aromatic carbocycles. The molecule has 6 heterocycles. The van der Waals surface area contributed by atoms with E-state index in [0.29, 0.717) is 42.6 Å². The Bertz CT molecular complexity index is 1900. The third-order valence-electron chi connectivity index (χ3n) is 10.7. The molecule has 0 amide bonds. The topological polar surface area (TPSA) is 92.4 Å². The molecule has 4 aliphatic heterocycles. The molecular formula is C34H36ClF4N7O. The molecule has 248 valence electrons. The van der Waals surface area contributed by atoms with E-state index in [1.54, 1.807) is 17.9 Å². The Morgan fingerprint density at radius 3 is 2.64 bits per heavy atom. The fraction of sp³-hybridized carbons (Fsp3) is 0.500. The maximum atomic E-state index is 17.1. The predicted molar refractivity (Wildman–Crippen MR) is 174 cm³/mol. The number of aryl methyl sites for hydroxylation is 1. The molecule has 2 aromatic heterocycles. The van der Waals surface area contributed by atoms with Gasteiger partial charge in [-0.1, -0.05) is 24.6 Å². The molecule has 8 nitrogen and oxygen atoms in total. The first-order valence-electron chi connectivity index (χ1n) is 16.4. The second kappa shape index (κ2) is 11.3. The van der Waals surface area contributed by atoms with Crippen molar-refractivity contribution in [3.05, 3.63) is 46.6 Å². The van der Waals surface area contributed by atoms with Gasteiger partial charge < -0.3 is 15.4 Å². The van der Waals surface area contributed by atoms with E-state index in [4.69, 9.17) is 32.0 Å². The number of benzene rings is 2. The van der Waals surface area contributed by atoms with Crippen LogP contribution in [0.4, 0.5) is 29.1 Å². The van der Waals surface area contributed by atoms with Gasteiger partial charge in [-0.3, -0.25) is 10.2 Å². The summed E-state index contributed by atoms with van der Waals surface area (Å²) in [7, 11) is 0. The zero-order valence-electron chi connectivity index (χ0n) is 26.1. The number of hydrogen-bond acceptors (Lipinski definition) is 8. The summed E-state index contributed by atoms with van der Waals surface area (Å²) in [5.41, 5.74) is 6.91. The number of ether oxygens (including phenoxy) is 1. The SMILES string of the molecule is CC[C@]1(F)CN2c3nc(OCC45CCCN4CCC5)nc4c(F)c(-c5cc(N)cc6ccc(F)c(Cl)c56)nc(c34)CCCC2C(F)N1. The number of piperazine rings is 1. The van der Waals surface area contributed by atoms with Gasteiger partial charge in [-0.05, 0) is 88.0 Å². The summed E-state index contributed by atoms with van der Waals surface area (Å²) in [6.45, 7) is 3.75. The van der Waals surface area contributed by atoms with Crippen molar-refractivity contribution in [2.45, 2.75) is 82.0 Å². The summed E-state index contributed by atoms with van der Waals surface area (Å²) < 4.78 is 69.8. The molecule has 3 fully saturated rings. The van der Waals surface area contributed by atoms with Crippen molar-refractivity contribution in [1.29, 1.82) is 0 Å². The highest BCUT2D eigenvalue weighted by Gasteiger charge is 2.47. The maximum absolute atomic E-state index is 17.1. The van der Waals surface area contributed by atoms with E-state index in [1.165, 1.54) is 18.2 Å². The van der Waals surface area contributed by atoms with Crippen LogP contribution in [-0.4, -0.2) is 69.8 Å². The van der Waals surface area contributed by atoms with Crippen molar-refractivity contribution in [3.63, 3.8) is 0 Å². The molecule has 4 aromatic rings. The van der Waals surface area contributed by atoms with Gasteiger partial charge in [0.15, 0.2) is 17.9 Å². The Labute approximate surface area is 274 Å². The van der Waals surface area contributed by atoms with E-state index in [1.807, 2.05) is 0 Å². The van der Waals surface area contributed by atoms with Crippen LogP contribution in [-0.2, 0) is 6.42 Å². The summed E-state index contributed by atoms with van der Waals surface area (Å²) in [6.07, 6.45) is 3.64. The van der Waals surface area contributed by atoms with Crippen LogP contribution in [0.5, 0.6) is 6.01 Å². The lowest BCUT2D eigenvalue weighted by Crippen LogP contribution is -2.66. The second-order valence-corrected chi connectivity index (χ2v) is 13.8. The first kappa shape index (κ1) is 30.8. The number of nitrogens with two attached hydrogens (primary N) is 1. The van der Waals surface area contributed by atoms with Crippen molar-refractivity contribution in [1.82, 2.24) is 25.2 Å². The number of nitrogen functional groups attached to an aromatic ring is 1. The first-order valence-corrected chi connectivity index (χ1v) is 16.8. The van der Waals surface area contributed by atoms with E-state index in [2.05, 4.69) is 15.2 Å². The first-order chi connectivity index (χ1) is 22.6. The minimum Gasteiger partial charge on any atom is -0.461 e. The Hall–Kier alpha value is -3.48. The summed E-state index contributed by atoms with van der Waals surface area (Å²) >= 11 is 6.47. The third kappa shape index (κ3) is 4.97. The molecule has 0 spiro atoms. The van der Waals surface area contributed by atoms with E-state index in [-0.39, 0.29) is 62.9 Å². The third-order valence-corrected chi connectivity index (χ3v) is 11.1. The van der Waals surface area contributed by atoms with Crippen LogP contribution in [0, 0.1) is 11.6 Å². The lowest BCUT2D eigenvalue weighted by molar-refractivity contribution is 0.0175. The van der Waals surface area contributed by atoms with Crippen LogP contribution >= 0.6 is 11.6 Å². The van der Waals surface area contributed by atoms with Crippen molar-refractivity contribution < 1.29 is 22.3 Å². The molecule has 0 aliphatic carbocycles. The number of hydrogen-bond donors (Lipinski definition) is 2. The van der Waals surface area contributed by atoms with Crippen LogP contribution in [0.25, 0.3) is 32.9 Å². The second-order valence-electron chi connectivity index (χ2n) is 13.5. The van der Waals surface area contributed by atoms with Gasteiger partial charge in [-0.25, -0.2) is 22.5 Å². The Morgan fingerprint density at radius 1 is 1.09 bits per heavy atom. The van der Waals surface area contributed by atoms with Gasteiger partial charge in [0, 0.05) is 16.6 Å². The average molecular weight is 670 g/mol. The van der Waals surface area contributed by atoms with Gasteiger partial charge >= 0.3 is 6.01 Å². The van der Waals surface area contributed by atoms with Crippen molar-refractivity contribution in [2.24, 2.45) is 0 Å². The quantitative estimate of drug-likeness (QED) is 0.135. The number of nitrogens with zero attached hydrogens (tertiary/aromatic N) is 5. The number of fused-ring (bicyclic) bond motifs is 4. The molecule has 4 aliphatic rings. The van der Waals surface area contributed by atoms with Crippen molar-refractivity contribution in [3.8, 4) is 17.3 Å². The van der Waals surface area contributed by atoms with E-state index >= 15 is 13.2 Å². The number of pyridine rings is 1. The standard InChI is InChI=1S/C34H36ClF4N7O/c1-2-34(39)16-46-23(30(38)44-34)7-3-6-22-25-29(42-32(43-31(25)46)47-17-33-10-4-12-45(33)13-5-11-33)27(37)28(41-22)20-15-19(40)14-18-8-9-21(36)26(35)24(18)20/h8-9,14-15,23,30,44H,2-7,10-13,16-17,40H2,1H3/t23?,30?,34-/m1/s1. The molecule has 47 heavy (non-hydrogen) atoms. The number of rotatable bonds is 5. The van der Waals surface area contributed by atoms with Crippen LogP contribution in [0.1, 0.15) is 57.6 Å². The van der Waals surface area contributed by atoms with Crippen molar-refractivity contribution >= 4 is 44.8 Å². The normalized spacial score (nSPS) is 25.5. The minimum atomic E-state index is -2.03.